The number of benzene rings is 1. The van der Waals surface area contributed by atoms with Crippen LogP contribution in [-0.4, -0.2) is 36.4 Å². The van der Waals surface area contributed by atoms with E-state index in [1.807, 2.05) is 4.90 Å². The number of hydrogen-bond acceptors (Lipinski definition) is 5. The lowest BCUT2D eigenvalue weighted by molar-refractivity contribution is -0.384. The van der Waals surface area contributed by atoms with Crippen LogP contribution in [0.1, 0.15) is 23.2 Å². The van der Waals surface area contributed by atoms with Crippen LogP contribution in [-0.2, 0) is 4.79 Å². The lowest BCUT2D eigenvalue weighted by atomic mass is 10.1. The second-order valence-corrected chi connectivity index (χ2v) is 4.80. The highest BCUT2D eigenvalue weighted by molar-refractivity contribution is 6.01. The zero-order chi connectivity index (χ0) is 15.4. The summed E-state index contributed by atoms with van der Waals surface area (Å²) < 4.78 is 0. The lowest BCUT2D eigenvalue weighted by Gasteiger charge is -2.20. The lowest BCUT2D eigenvalue weighted by Crippen LogP contribution is -2.34. The van der Waals surface area contributed by atoms with Crippen LogP contribution in [0, 0.1) is 10.1 Å². The number of rotatable bonds is 5. The van der Waals surface area contributed by atoms with Gasteiger partial charge in [0.2, 0.25) is 5.91 Å². The van der Waals surface area contributed by atoms with Gasteiger partial charge in [-0.05, 0) is 18.9 Å². The molecule has 0 radical (unpaired) electrons. The Morgan fingerprint density at radius 1 is 1.33 bits per heavy atom. The molecule has 2 amide bonds. The van der Waals surface area contributed by atoms with Crippen LogP contribution in [0.2, 0.25) is 0 Å². The van der Waals surface area contributed by atoms with Crippen LogP contribution in [0.15, 0.2) is 18.2 Å². The molecule has 8 heteroatoms. The van der Waals surface area contributed by atoms with E-state index in [4.69, 9.17) is 5.73 Å². The highest BCUT2D eigenvalue weighted by Gasteiger charge is 2.22. The van der Waals surface area contributed by atoms with E-state index in [0.29, 0.717) is 5.69 Å². The number of nitrogens with zero attached hydrogens (tertiary/aromatic N) is 2. The first kappa shape index (κ1) is 14.8. The first-order valence-electron chi connectivity index (χ1n) is 6.59. The van der Waals surface area contributed by atoms with Gasteiger partial charge in [0.25, 0.3) is 11.6 Å². The van der Waals surface area contributed by atoms with E-state index in [0.717, 1.165) is 25.9 Å². The second kappa shape index (κ2) is 6.21. The van der Waals surface area contributed by atoms with E-state index in [1.54, 1.807) is 6.07 Å². The van der Waals surface area contributed by atoms with Gasteiger partial charge in [-0.25, -0.2) is 0 Å². The molecule has 21 heavy (non-hydrogen) atoms. The topological polar surface area (TPSA) is 119 Å². The number of nitrogens with two attached hydrogens (primary N) is 1. The molecule has 0 bridgehead atoms. The van der Waals surface area contributed by atoms with Gasteiger partial charge in [-0.3, -0.25) is 19.7 Å². The number of nitro benzene ring substituents is 1. The average Bonchev–Trinajstić information content (AvgIpc) is 2.98. The number of anilines is 1. The molecule has 1 aromatic carbocycles. The zero-order valence-corrected chi connectivity index (χ0v) is 11.4. The maximum absolute atomic E-state index is 12.1. The zero-order valence-electron chi connectivity index (χ0n) is 11.4. The normalized spacial score (nSPS) is 14.0. The number of carbonyl (C=O) groups excluding carboxylic acids is 2. The SMILES string of the molecule is NC(=O)CNC(=O)c1cc([N+](=O)[O-])ccc1N1CCCC1. The molecule has 1 aliphatic rings. The van der Waals surface area contributed by atoms with Crippen LogP contribution in [0.25, 0.3) is 0 Å². The Kier molecular flexibility index (Phi) is 4.36. The van der Waals surface area contributed by atoms with E-state index >= 15 is 0 Å². The van der Waals surface area contributed by atoms with Gasteiger partial charge in [-0.2, -0.15) is 0 Å². The minimum Gasteiger partial charge on any atom is -0.371 e. The van der Waals surface area contributed by atoms with Crippen molar-refractivity contribution in [2.45, 2.75) is 12.8 Å². The fourth-order valence-corrected chi connectivity index (χ4v) is 2.32. The maximum Gasteiger partial charge on any atom is 0.270 e. The summed E-state index contributed by atoms with van der Waals surface area (Å²) >= 11 is 0. The smallest absolute Gasteiger partial charge is 0.270 e. The number of carbonyl (C=O) groups is 2. The van der Waals surface area contributed by atoms with Gasteiger partial charge in [0.05, 0.1) is 22.7 Å². The molecule has 1 fully saturated rings. The van der Waals surface area contributed by atoms with Crippen molar-refractivity contribution in [2.24, 2.45) is 5.73 Å². The number of nitrogens with one attached hydrogen (secondary N) is 1. The summed E-state index contributed by atoms with van der Waals surface area (Å²) in [6.45, 7) is 1.29. The first-order valence-corrected chi connectivity index (χ1v) is 6.59. The van der Waals surface area contributed by atoms with E-state index in [9.17, 15) is 19.7 Å². The van der Waals surface area contributed by atoms with Gasteiger partial charge in [0, 0.05) is 25.2 Å². The Labute approximate surface area is 121 Å². The van der Waals surface area contributed by atoms with Gasteiger partial charge >= 0.3 is 0 Å². The molecule has 8 nitrogen and oxygen atoms in total. The predicted molar refractivity (Wildman–Crippen MR) is 76.1 cm³/mol. The largest absolute Gasteiger partial charge is 0.371 e. The van der Waals surface area contributed by atoms with Gasteiger partial charge in [0.15, 0.2) is 0 Å². The first-order chi connectivity index (χ1) is 9.99. The number of hydrogen-bond donors (Lipinski definition) is 2. The molecule has 1 aliphatic heterocycles. The minimum atomic E-state index is -0.670. The predicted octanol–water partition coefficient (Wildman–Crippen LogP) is 0.410. The van der Waals surface area contributed by atoms with Crippen LogP contribution < -0.4 is 16.0 Å². The van der Waals surface area contributed by atoms with E-state index < -0.39 is 16.7 Å². The summed E-state index contributed by atoms with van der Waals surface area (Å²) in [5, 5.41) is 13.2. The Balaban J connectivity index is 2.33. The Morgan fingerprint density at radius 3 is 2.57 bits per heavy atom. The molecule has 1 saturated heterocycles. The molecule has 2 rings (SSSR count). The van der Waals surface area contributed by atoms with Crippen LogP contribution in [0.5, 0.6) is 0 Å². The van der Waals surface area contributed by atoms with Crippen molar-refractivity contribution in [1.82, 2.24) is 5.32 Å². The monoisotopic (exact) mass is 292 g/mol. The van der Waals surface area contributed by atoms with Crippen molar-refractivity contribution in [2.75, 3.05) is 24.5 Å². The van der Waals surface area contributed by atoms with Crippen molar-refractivity contribution in [3.63, 3.8) is 0 Å². The molecule has 0 unspecified atom stereocenters. The number of amides is 2. The highest BCUT2D eigenvalue weighted by atomic mass is 16.6. The molecular formula is C13H16N4O4. The maximum atomic E-state index is 12.1. The summed E-state index contributed by atoms with van der Waals surface area (Å²) in [6.07, 6.45) is 2.03. The standard InChI is InChI=1S/C13H16N4O4/c14-12(18)8-15-13(19)10-7-9(17(20)21)3-4-11(10)16-5-1-2-6-16/h3-4,7H,1-2,5-6,8H2,(H2,14,18)(H,15,19). The van der Waals surface area contributed by atoms with Crippen LogP contribution >= 0.6 is 0 Å². The van der Waals surface area contributed by atoms with Crippen molar-refractivity contribution in [3.8, 4) is 0 Å². The fourth-order valence-electron chi connectivity index (χ4n) is 2.32. The van der Waals surface area contributed by atoms with Gasteiger partial charge in [-0.1, -0.05) is 0 Å². The molecule has 0 aromatic heterocycles. The number of nitro groups is 1. The van der Waals surface area contributed by atoms with Gasteiger partial charge < -0.3 is 16.0 Å². The molecule has 0 spiro atoms. The number of primary amides is 1. The molecule has 1 heterocycles. The van der Waals surface area contributed by atoms with Crippen molar-refractivity contribution < 1.29 is 14.5 Å². The number of non-ortho nitro benzene ring substituents is 1. The van der Waals surface area contributed by atoms with E-state index in [-0.39, 0.29) is 17.8 Å². The molecular weight excluding hydrogens is 276 g/mol. The Hall–Kier alpha value is -2.64. The van der Waals surface area contributed by atoms with E-state index in [1.165, 1.54) is 12.1 Å². The van der Waals surface area contributed by atoms with Gasteiger partial charge in [0.1, 0.15) is 0 Å². The second-order valence-electron chi connectivity index (χ2n) is 4.80. The Bertz CT molecular complexity index is 582. The van der Waals surface area contributed by atoms with Crippen molar-refractivity contribution >= 4 is 23.2 Å². The minimum absolute atomic E-state index is 0.165. The van der Waals surface area contributed by atoms with Crippen molar-refractivity contribution in [3.05, 3.63) is 33.9 Å². The van der Waals surface area contributed by atoms with E-state index in [2.05, 4.69) is 5.32 Å². The average molecular weight is 292 g/mol. The summed E-state index contributed by atoms with van der Waals surface area (Å²) in [5.74, 6) is -1.21. The molecule has 112 valence electrons. The van der Waals surface area contributed by atoms with Crippen molar-refractivity contribution in [1.29, 1.82) is 0 Å². The summed E-state index contributed by atoms with van der Waals surface area (Å²) in [4.78, 5) is 35.2. The summed E-state index contributed by atoms with van der Waals surface area (Å²) in [5.41, 5.74) is 5.65. The highest BCUT2D eigenvalue weighted by Crippen LogP contribution is 2.28. The molecule has 0 saturated carbocycles. The third kappa shape index (κ3) is 3.47. The molecule has 1 aromatic rings. The molecule has 0 aliphatic carbocycles. The fraction of sp³-hybridized carbons (Fsp3) is 0.385. The Morgan fingerprint density at radius 2 is 2.00 bits per heavy atom. The molecule has 0 atom stereocenters. The van der Waals surface area contributed by atoms with Crippen LogP contribution in [0.3, 0.4) is 0 Å². The summed E-state index contributed by atoms with van der Waals surface area (Å²) in [7, 11) is 0. The van der Waals surface area contributed by atoms with Crippen LogP contribution in [0.4, 0.5) is 11.4 Å². The molecule has 3 N–H and O–H groups in total. The third-order valence-corrected chi connectivity index (χ3v) is 3.31. The van der Waals surface area contributed by atoms with Gasteiger partial charge in [-0.15, -0.1) is 0 Å². The summed E-state index contributed by atoms with van der Waals surface area (Å²) in [6, 6.07) is 4.17. The quantitative estimate of drug-likeness (QED) is 0.602. The third-order valence-electron chi connectivity index (χ3n) is 3.31.